The molecule has 0 heterocycles. The van der Waals surface area contributed by atoms with Crippen molar-refractivity contribution in [3.05, 3.63) is 28.2 Å². The van der Waals surface area contributed by atoms with Gasteiger partial charge in [0.2, 0.25) is 0 Å². The van der Waals surface area contributed by atoms with Crippen LogP contribution in [-0.2, 0) is 6.42 Å². The third-order valence-electron chi connectivity index (χ3n) is 1.68. The monoisotopic (exact) mass is 238 g/mol. The fraction of sp³-hybridized carbons (Fsp3) is 0.111. The first kappa shape index (κ1) is 10.3. The average Bonchev–Trinajstić information content (AvgIpc) is 2.04. The fourth-order valence-electron chi connectivity index (χ4n) is 1.09. The molecule has 0 aliphatic heterocycles. The normalized spacial score (nSPS) is 9.38. The Balaban J connectivity index is 3.12. The molecule has 0 atom stereocenters. The highest BCUT2D eigenvalue weighted by molar-refractivity contribution is 9.10. The molecule has 66 valence electrons. The zero-order valence-corrected chi connectivity index (χ0v) is 8.45. The molecule has 0 aliphatic carbocycles. The lowest BCUT2D eigenvalue weighted by Crippen LogP contribution is -2.32. The van der Waals surface area contributed by atoms with E-state index in [-0.39, 0.29) is 0 Å². The molecule has 4 heteroatoms. The topological polar surface area (TPSA) is 40.5 Å². The zero-order valence-electron chi connectivity index (χ0n) is 6.87. The van der Waals surface area contributed by atoms with Crippen molar-refractivity contribution < 1.29 is 10.0 Å². The molecular formula is C9H8BBrO2. The van der Waals surface area contributed by atoms with Crippen molar-refractivity contribution in [1.29, 1.82) is 0 Å². The second-order valence-corrected chi connectivity index (χ2v) is 3.51. The van der Waals surface area contributed by atoms with Gasteiger partial charge in [-0.2, -0.15) is 0 Å². The van der Waals surface area contributed by atoms with Crippen LogP contribution in [0.5, 0.6) is 0 Å². The van der Waals surface area contributed by atoms with Crippen LogP contribution in [0.4, 0.5) is 0 Å². The molecule has 0 amide bonds. The van der Waals surface area contributed by atoms with E-state index in [4.69, 9.17) is 16.5 Å². The van der Waals surface area contributed by atoms with Crippen molar-refractivity contribution in [3.63, 3.8) is 0 Å². The number of hydrogen-bond donors (Lipinski definition) is 2. The highest BCUT2D eigenvalue weighted by atomic mass is 79.9. The number of terminal acetylenes is 1. The summed E-state index contributed by atoms with van der Waals surface area (Å²) in [5.41, 5.74) is 1.22. The molecule has 0 saturated heterocycles. The summed E-state index contributed by atoms with van der Waals surface area (Å²) in [6, 6.07) is 5.17. The highest BCUT2D eigenvalue weighted by Gasteiger charge is 2.14. The van der Waals surface area contributed by atoms with E-state index in [2.05, 4.69) is 21.9 Å². The molecule has 0 saturated carbocycles. The van der Waals surface area contributed by atoms with Crippen molar-refractivity contribution in [2.45, 2.75) is 6.42 Å². The molecule has 13 heavy (non-hydrogen) atoms. The first-order chi connectivity index (χ1) is 6.15. The standard InChI is InChI=1S/C9H8BBrO2/c1-2-3-7-6-8(11)4-5-9(7)10(12)13/h1,4-6,12-13H,3H2. The van der Waals surface area contributed by atoms with Gasteiger partial charge >= 0.3 is 7.12 Å². The van der Waals surface area contributed by atoms with Crippen LogP contribution in [0, 0.1) is 12.3 Å². The number of benzene rings is 1. The summed E-state index contributed by atoms with van der Waals surface area (Å²) in [5.74, 6) is 2.46. The van der Waals surface area contributed by atoms with E-state index in [0.29, 0.717) is 11.9 Å². The molecule has 0 fully saturated rings. The predicted molar refractivity (Wildman–Crippen MR) is 56.5 cm³/mol. The molecule has 1 aromatic rings. The van der Waals surface area contributed by atoms with Crippen LogP contribution in [0.15, 0.2) is 22.7 Å². The summed E-state index contributed by atoms with van der Waals surface area (Å²) in [4.78, 5) is 0. The smallest absolute Gasteiger partial charge is 0.423 e. The van der Waals surface area contributed by atoms with Gasteiger partial charge in [-0.1, -0.05) is 22.0 Å². The maximum Gasteiger partial charge on any atom is 0.488 e. The SMILES string of the molecule is C#CCc1cc(Br)ccc1B(O)O. The summed E-state index contributed by atoms with van der Waals surface area (Å²) in [6.45, 7) is 0. The molecule has 0 aromatic heterocycles. The Morgan fingerprint density at radius 2 is 2.15 bits per heavy atom. The second-order valence-electron chi connectivity index (χ2n) is 2.60. The molecule has 0 unspecified atom stereocenters. The largest absolute Gasteiger partial charge is 0.488 e. The Labute approximate surface area is 85.9 Å². The summed E-state index contributed by atoms with van der Waals surface area (Å²) < 4.78 is 0.877. The molecule has 1 rings (SSSR count). The summed E-state index contributed by atoms with van der Waals surface area (Å²) in [6.07, 6.45) is 5.55. The molecule has 2 nitrogen and oxygen atoms in total. The lowest BCUT2D eigenvalue weighted by atomic mass is 9.76. The van der Waals surface area contributed by atoms with Crippen molar-refractivity contribution in [2.75, 3.05) is 0 Å². The maximum absolute atomic E-state index is 8.99. The van der Waals surface area contributed by atoms with Gasteiger partial charge in [0.25, 0.3) is 0 Å². The minimum absolute atomic E-state index is 0.395. The van der Waals surface area contributed by atoms with Gasteiger partial charge < -0.3 is 10.0 Å². The van der Waals surface area contributed by atoms with Crippen LogP contribution in [0.2, 0.25) is 0 Å². The predicted octanol–water partition coefficient (Wildman–Crippen LogP) is 0.305. The Morgan fingerprint density at radius 1 is 1.46 bits per heavy atom. The van der Waals surface area contributed by atoms with Crippen LogP contribution in [-0.4, -0.2) is 17.2 Å². The first-order valence-corrected chi connectivity index (χ1v) is 4.52. The van der Waals surface area contributed by atoms with Gasteiger partial charge in [0.1, 0.15) is 0 Å². The van der Waals surface area contributed by atoms with Gasteiger partial charge in [-0.05, 0) is 23.2 Å². The average molecular weight is 239 g/mol. The van der Waals surface area contributed by atoms with E-state index in [0.717, 1.165) is 10.0 Å². The molecule has 2 N–H and O–H groups in total. The second kappa shape index (κ2) is 4.47. The summed E-state index contributed by atoms with van der Waals surface area (Å²) >= 11 is 3.28. The van der Waals surface area contributed by atoms with E-state index in [1.807, 2.05) is 0 Å². The van der Waals surface area contributed by atoms with Gasteiger partial charge in [0.05, 0.1) is 0 Å². The minimum atomic E-state index is -1.46. The quantitative estimate of drug-likeness (QED) is 0.575. The van der Waals surface area contributed by atoms with Crippen LogP contribution in [0.1, 0.15) is 5.56 Å². The fourth-order valence-corrected chi connectivity index (χ4v) is 1.50. The van der Waals surface area contributed by atoms with Crippen LogP contribution in [0.3, 0.4) is 0 Å². The van der Waals surface area contributed by atoms with Crippen LogP contribution >= 0.6 is 15.9 Å². The molecule has 1 aromatic carbocycles. The Morgan fingerprint density at radius 3 is 2.69 bits per heavy atom. The Kier molecular flexibility index (Phi) is 3.55. The minimum Gasteiger partial charge on any atom is -0.423 e. The van der Waals surface area contributed by atoms with E-state index >= 15 is 0 Å². The summed E-state index contributed by atoms with van der Waals surface area (Å²) in [5, 5.41) is 18.0. The van der Waals surface area contributed by atoms with Gasteiger partial charge in [0, 0.05) is 10.9 Å². The summed E-state index contributed by atoms with van der Waals surface area (Å²) in [7, 11) is -1.46. The van der Waals surface area contributed by atoms with Crippen molar-refractivity contribution in [3.8, 4) is 12.3 Å². The highest BCUT2D eigenvalue weighted by Crippen LogP contribution is 2.10. The molecule has 0 spiro atoms. The van der Waals surface area contributed by atoms with Crippen molar-refractivity contribution in [2.24, 2.45) is 0 Å². The third kappa shape index (κ3) is 2.59. The number of halogens is 1. The third-order valence-corrected chi connectivity index (χ3v) is 2.17. The number of hydrogen-bond acceptors (Lipinski definition) is 2. The zero-order chi connectivity index (χ0) is 9.84. The molecule has 0 radical (unpaired) electrons. The van der Waals surface area contributed by atoms with E-state index in [1.165, 1.54) is 0 Å². The van der Waals surface area contributed by atoms with Crippen LogP contribution in [0.25, 0.3) is 0 Å². The van der Waals surface area contributed by atoms with E-state index in [9.17, 15) is 0 Å². The maximum atomic E-state index is 8.99. The van der Waals surface area contributed by atoms with Gasteiger partial charge in [0.15, 0.2) is 0 Å². The lowest BCUT2D eigenvalue weighted by molar-refractivity contribution is 0.425. The van der Waals surface area contributed by atoms with Crippen molar-refractivity contribution >= 4 is 28.5 Å². The van der Waals surface area contributed by atoms with Gasteiger partial charge in [-0.25, -0.2) is 0 Å². The Hall–Kier alpha value is -0.755. The van der Waals surface area contributed by atoms with Gasteiger partial charge in [-0.15, -0.1) is 12.3 Å². The van der Waals surface area contributed by atoms with E-state index < -0.39 is 7.12 Å². The molecule has 0 bridgehead atoms. The Bertz CT molecular complexity index is 344. The lowest BCUT2D eigenvalue weighted by Gasteiger charge is -2.06. The van der Waals surface area contributed by atoms with Crippen molar-refractivity contribution in [1.82, 2.24) is 0 Å². The van der Waals surface area contributed by atoms with Crippen LogP contribution < -0.4 is 5.46 Å². The number of rotatable bonds is 2. The van der Waals surface area contributed by atoms with Gasteiger partial charge in [-0.3, -0.25) is 0 Å². The van der Waals surface area contributed by atoms with E-state index in [1.54, 1.807) is 18.2 Å². The first-order valence-electron chi connectivity index (χ1n) is 3.73. The molecular weight excluding hydrogens is 231 g/mol. The molecule has 0 aliphatic rings.